The van der Waals surface area contributed by atoms with Crippen LogP contribution in [0.3, 0.4) is 0 Å². The lowest BCUT2D eigenvalue weighted by atomic mass is 10.2. The fraction of sp³-hybridized carbons (Fsp3) is 0.538. The minimum Gasteiger partial charge on any atom is -0.666 e. The van der Waals surface area contributed by atoms with E-state index >= 15 is 0 Å². The molecule has 0 saturated carbocycles. The molecule has 1 aromatic heterocycles. The number of carbonyl (C=O) groups excluding carboxylic acids is 1. The molecule has 1 amide bonds. The fourth-order valence-electron chi connectivity index (χ4n) is 3.58. The summed E-state index contributed by atoms with van der Waals surface area (Å²) in [4.78, 5) is 18.6. The van der Waals surface area contributed by atoms with E-state index in [1.54, 1.807) is 6.20 Å². The van der Waals surface area contributed by atoms with E-state index in [4.69, 9.17) is 17.3 Å². The second-order valence-corrected chi connectivity index (χ2v) is 12.2. The zero-order chi connectivity index (χ0) is 26.2. The van der Waals surface area contributed by atoms with E-state index < -0.39 is 6.04 Å². The first-order valence-corrected chi connectivity index (χ1v) is 15.2. The monoisotopic (exact) mass is 552 g/mol. The maximum Gasteiger partial charge on any atom is 0.203 e. The number of hydrogen-bond donors (Lipinski definition) is 2. The van der Waals surface area contributed by atoms with Crippen molar-refractivity contribution in [3.05, 3.63) is 60.0 Å². The lowest BCUT2D eigenvalue weighted by Crippen LogP contribution is -2.44. The van der Waals surface area contributed by atoms with Gasteiger partial charge in [0.05, 0.1) is 27.2 Å². The lowest BCUT2D eigenvalue weighted by Gasteiger charge is -2.30. The smallest absolute Gasteiger partial charge is 0.203 e. The third-order valence-corrected chi connectivity index (χ3v) is 8.26. The van der Waals surface area contributed by atoms with E-state index in [9.17, 15) is 4.79 Å². The summed E-state index contributed by atoms with van der Waals surface area (Å²) in [6.07, 6.45) is 3.74. The fourth-order valence-corrected chi connectivity index (χ4v) is 5.82. The number of halogens is 1. The van der Waals surface area contributed by atoms with Gasteiger partial charge in [0.2, 0.25) is 5.91 Å². The lowest BCUT2D eigenvalue weighted by molar-refractivity contribution is -0.890. The Labute approximate surface area is 229 Å². The summed E-state index contributed by atoms with van der Waals surface area (Å²) in [5, 5.41) is 7.35. The number of nitrogens with zero attached hydrogens (tertiary/aromatic N) is 3. The Morgan fingerprint density at radius 2 is 1.86 bits per heavy atom. The van der Waals surface area contributed by atoms with E-state index in [-0.39, 0.29) is 5.91 Å². The van der Waals surface area contributed by atoms with Crippen LogP contribution in [0.1, 0.15) is 18.4 Å². The molecule has 7 nitrogen and oxygen atoms in total. The quantitative estimate of drug-likeness (QED) is 0.121. The predicted molar refractivity (Wildman–Crippen MR) is 157 cm³/mol. The average Bonchev–Trinajstić information content (AvgIpc) is 2.87. The Morgan fingerprint density at radius 3 is 2.53 bits per heavy atom. The van der Waals surface area contributed by atoms with Gasteiger partial charge in [0.25, 0.3) is 0 Å². The van der Waals surface area contributed by atoms with E-state index in [2.05, 4.69) is 65.9 Å². The Hall–Kier alpha value is -1.49. The first kappa shape index (κ1) is 30.7. The minimum atomic E-state index is -0.762. The van der Waals surface area contributed by atoms with Crippen molar-refractivity contribution in [2.24, 2.45) is 0 Å². The molecule has 1 atom stereocenters. The van der Waals surface area contributed by atoms with Crippen molar-refractivity contribution in [3.8, 4) is 0 Å². The van der Waals surface area contributed by atoms with Gasteiger partial charge in [-0.2, -0.15) is 0 Å². The molecule has 200 valence electrons. The molecule has 3 N–H and O–H groups in total. The standard InChI is InChI=1S/C26H41ClN6OS2/c1-32(17-13-27)23-11-9-22(10-12-23)20-29-14-6-18-33(2,3)19-7-16-31-26(34)24(28)21-35-36-25-8-4-5-15-30-25/h4-5,8-12,15,24,28-29H,6-7,13-14,16-21H2,1-3H3,(H,31,34). The highest BCUT2D eigenvalue weighted by Gasteiger charge is 2.14. The summed E-state index contributed by atoms with van der Waals surface area (Å²) >= 11 is 5.82. The normalized spacial score (nSPS) is 12.4. The number of alkyl halides is 1. The SMILES string of the molecule is CN(CCCl)c1ccc(CNCCC[N+](C)(C)CCCNC(=O)C([NH-])CSSc2ccccn2)cc1. The van der Waals surface area contributed by atoms with Gasteiger partial charge in [0.1, 0.15) is 5.03 Å². The molecule has 1 unspecified atom stereocenters. The van der Waals surface area contributed by atoms with Crippen LogP contribution in [-0.4, -0.2) is 86.9 Å². The predicted octanol–water partition coefficient (Wildman–Crippen LogP) is 4.68. The molecule has 1 heterocycles. The van der Waals surface area contributed by atoms with Gasteiger partial charge in [0.15, 0.2) is 0 Å². The number of nitrogens with one attached hydrogen (secondary N) is 3. The van der Waals surface area contributed by atoms with Gasteiger partial charge in [-0.1, -0.05) is 29.0 Å². The molecule has 0 bridgehead atoms. The van der Waals surface area contributed by atoms with Crippen molar-refractivity contribution < 1.29 is 9.28 Å². The van der Waals surface area contributed by atoms with Crippen LogP contribution in [0.15, 0.2) is 53.7 Å². The van der Waals surface area contributed by atoms with Crippen molar-refractivity contribution in [2.45, 2.75) is 30.5 Å². The zero-order valence-corrected chi connectivity index (χ0v) is 24.1. The number of quaternary nitrogens is 1. The molecule has 1 aromatic carbocycles. The molecule has 2 rings (SSSR count). The van der Waals surface area contributed by atoms with E-state index in [0.29, 0.717) is 18.2 Å². The Balaban J connectivity index is 1.52. The van der Waals surface area contributed by atoms with Gasteiger partial charge in [-0.25, -0.2) is 4.98 Å². The van der Waals surface area contributed by atoms with Crippen LogP contribution in [0.5, 0.6) is 0 Å². The number of benzene rings is 1. The van der Waals surface area contributed by atoms with E-state index in [1.165, 1.54) is 32.8 Å². The largest absolute Gasteiger partial charge is 0.666 e. The van der Waals surface area contributed by atoms with Gasteiger partial charge in [0, 0.05) is 63.8 Å². The second kappa shape index (κ2) is 17.1. The topological polar surface area (TPSA) is 81.1 Å². The molecular formula is C26H41ClN6OS2. The third-order valence-electron chi connectivity index (χ3n) is 5.82. The van der Waals surface area contributed by atoms with Crippen LogP contribution in [-0.2, 0) is 11.3 Å². The number of anilines is 1. The Bertz CT molecular complexity index is 872. The van der Waals surface area contributed by atoms with Gasteiger partial charge in [-0.15, -0.1) is 11.6 Å². The van der Waals surface area contributed by atoms with Crippen molar-refractivity contribution in [1.82, 2.24) is 15.6 Å². The molecule has 0 aliphatic rings. The van der Waals surface area contributed by atoms with Gasteiger partial charge in [-0.05, 0) is 52.4 Å². The molecule has 0 aliphatic carbocycles. The molecule has 36 heavy (non-hydrogen) atoms. The molecule has 0 saturated heterocycles. The third kappa shape index (κ3) is 12.7. The number of aromatic nitrogens is 1. The summed E-state index contributed by atoms with van der Waals surface area (Å²) in [7, 11) is 9.52. The van der Waals surface area contributed by atoms with Crippen LogP contribution in [0.25, 0.3) is 5.73 Å². The molecule has 0 aliphatic heterocycles. The first-order chi connectivity index (χ1) is 17.3. The number of pyridine rings is 1. The summed E-state index contributed by atoms with van der Waals surface area (Å²) < 4.78 is 0.917. The Morgan fingerprint density at radius 1 is 1.14 bits per heavy atom. The second-order valence-electron chi connectivity index (χ2n) is 9.42. The van der Waals surface area contributed by atoms with Crippen molar-refractivity contribution in [2.75, 3.05) is 70.4 Å². The van der Waals surface area contributed by atoms with Crippen molar-refractivity contribution in [1.29, 1.82) is 0 Å². The number of carbonyl (C=O) groups is 1. The van der Waals surface area contributed by atoms with Crippen LogP contribution < -0.4 is 15.5 Å². The highest BCUT2D eigenvalue weighted by Crippen LogP contribution is 2.29. The first-order valence-electron chi connectivity index (χ1n) is 12.4. The Kier molecular flexibility index (Phi) is 14.6. The number of amides is 1. The van der Waals surface area contributed by atoms with Gasteiger partial charge < -0.3 is 25.8 Å². The van der Waals surface area contributed by atoms with Gasteiger partial charge in [-0.3, -0.25) is 4.79 Å². The average molecular weight is 553 g/mol. The van der Waals surface area contributed by atoms with Crippen LogP contribution in [0.4, 0.5) is 5.69 Å². The summed E-state index contributed by atoms with van der Waals surface area (Å²) in [5.41, 5.74) is 10.5. The van der Waals surface area contributed by atoms with Crippen LogP contribution in [0, 0.1) is 0 Å². The molecular weight excluding hydrogens is 512 g/mol. The minimum absolute atomic E-state index is 0.197. The van der Waals surface area contributed by atoms with Crippen molar-refractivity contribution in [3.63, 3.8) is 0 Å². The van der Waals surface area contributed by atoms with Gasteiger partial charge >= 0.3 is 0 Å². The molecule has 0 fully saturated rings. The summed E-state index contributed by atoms with van der Waals surface area (Å²) in [6.45, 7) is 5.36. The van der Waals surface area contributed by atoms with Crippen molar-refractivity contribution >= 4 is 44.8 Å². The molecule has 10 heteroatoms. The highest BCUT2D eigenvalue weighted by molar-refractivity contribution is 8.76. The maximum atomic E-state index is 12.2. The number of hydrogen-bond acceptors (Lipinski definition) is 6. The van der Waals surface area contributed by atoms with Crippen LogP contribution in [0.2, 0.25) is 0 Å². The van der Waals surface area contributed by atoms with E-state index in [0.717, 1.165) is 55.1 Å². The molecule has 0 spiro atoms. The van der Waals surface area contributed by atoms with Crippen LogP contribution >= 0.6 is 33.2 Å². The van der Waals surface area contributed by atoms with E-state index in [1.807, 2.05) is 18.2 Å². The zero-order valence-electron chi connectivity index (χ0n) is 21.7. The number of rotatable bonds is 18. The summed E-state index contributed by atoms with van der Waals surface area (Å²) in [6, 6.07) is 13.6. The highest BCUT2D eigenvalue weighted by atomic mass is 35.5. The molecule has 0 radical (unpaired) electrons. The maximum absolute atomic E-state index is 12.2. The molecule has 2 aromatic rings. The summed E-state index contributed by atoms with van der Waals surface area (Å²) in [5.74, 6) is 0.871.